The van der Waals surface area contributed by atoms with Crippen LogP contribution in [0.5, 0.6) is 5.75 Å². The Bertz CT molecular complexity index is 1130. The molecule has 0 spiro atoms. The fraction of sp³-hybridized carbons (Fsp3) is 0.310. The van der Waals surface area contributed by atoms with Crippen molar-refractivity contribution >= 4 is 12.2 Å². The van der Waals surface area contributed by atoms with Crippen LogP contribution in [0.2, 0.25) is 0 Å². The Kier molecular flexibility index (Phi) is 7.22. The molecule has 0 N–H and O–H groups in total. The Hall–Kier alpha value is -3.01. The molecule has 0 aliphatic heterocycles. The number of benzene rings is 3. The van der Waals surface area contributed by atoms with Gasteiger partial charge in [0.05, 0.1) is 7.11 Å². The maximum atomic E-state index is 15.0. The largest absolute Gasteiger partial charge is 0.494 e. The maximum absolute atomic E-state index is 15.0. The van der Waals surface area contributed by atoms with Crippen LogP contribution in [0.15, 0.2) is 54.6 Å². The molecule has 0 radical (unpaired) electrons. The topological polar surface area (TPSA) is 9.23 Å². The van der Waals surface area contributed by atoms with Gasteiger partial charge >= 0.3 is 0 Å². The standard InChI is InChI=1S/C29H29F3O/c1-3-19-6-11-22(12-7-19)24-15-16-25(29(32)28(24)31)23-13-8-20(9-14-23)4-5-21-10-17-27(33-2)26(30)18-21/h4-5,8-10,13-19,22H,3,6-7,11-12H2,1-2H3/b5-4+. The van der Waals surface area contributed by atoms with E-state index in [-0.39, 0.29) is 17.2 Å². The highest BCUT2D eigenvalue weighted by Crippen LogP contribution is 2.39. The van der Waals surface area contributed by atoms with E-state index in [4.69, 9.17) is 4.74 Å². The number of hydrogen-bond donors (Lipinski definition) is 0. The first-order chi connectivity index (χ1) is 16.0. The molecule has 3 aromatic rings. The van der Waals surface area contributed by atoms with Gasteiger partial charge in [-0.15, -0.1) is 0 Å². The van der Waals surface area contributed by atoms with Crippen molar-refractivity contribution in [1.29, 1.82) is 0 Å². The minimum absolute atomic E-state index is 0.103. The van der Waals surface area contributed by atoms with Gasteiger partial charge < -0.3 is 4.74 Å². The predicted octanol–water partition coefficient (Wildman–Crippen LogP) is 8.63. The Morgan fingerprint density at radius 1 is 0.818 bits per heavy atom. The van der Waals surface area contributed by atoms with Crippen LogP contribution in [0.3, 0.4) is 0 Å². The number of rotatable bonds is 6. The van der Waals surface area contributed by atoms with Gasteiger partial charge in [-0.2, -0.15) is 0 Å². The highest BCUT2D eigenvalue weighted by atomic mass is 19.2. The molecule has 1 nitrogen and oxygen atoms in total. The summed E-state index contributed by atoms with van der Waals surface area (Å²) in [6.07, 6.45) is 8.81. The van der Waals surface area contributed by atoms with Crippen LogP contribution < -0.4 is 4.74 Å². The molecular weight excluding hydrogens is 421 g/mol. The molecule has 1 fully saturated rings. The molecule has 172 valence electrons. The lowest BCUT2D eigenvalue weighted by Crippen LogP contribution is -2.14. The molecule has 33 heavy (non-hydrogen) atoms. The molecule has 0 amide bonds. The van der Waals surface area contributed by atoms with E-state index in [9.17, 15) is 13.2 Å². The molecule has 0 saturated heterocycles. The smallest absolute Gasteiger partial charge is 0.166 e. The van der Waals surface area contributed by atoms with E-state index in [0.29, 0.717) is 22.6 Å². The second kappa shape index (κ2) is 10.3. The van der Waals surface area contributed by atoms with E-state index in [1.807, 2.05) is 18.2 Å². The van der Waals surface area contributed by atoms with E-state index in [2.05, 4.69) is 6.92 Å². The first kappa shape index (κ1) is 23.2. The van der Waals surface area contributed by atoms with E-state index >= 15 is 0 Å². The van der Waals surface area contributed by atoms with Crippen molar-refractivity contribution in [3.63, 3.8) is 0 Å². The van der Waals surface area contributed by atoms with Crippen molar-refractivity contribution in [2.75, 3.05) is 7.11 Å². The van der Waals surface area contributed by atoms with E-state index in [1.165, 1.54) is 13.2 Å². The summed E-state index contributed by atoms with van der Waals surface area (Å²) in [5.74, 6) is -0.892. The molecule has 1 saturated carbocycles. The predicted molar refractivity (Wildman–Crippen MR) is 129 cm³/mol. The van der Waals surface area contributed by atoms with Gasteiger partial charge in [0.15, 0.2) is 23.2 Å². The van der Waals surface area contributed by atoms with Gasteiger partial charge in [0, 0.05) is 5.56 Å². The SMILES string of the molecule is CCC1CCC(c2ccc(-c3ccc(/C=C/c4ccc(OC)c(F)c4)cc3)c(F)c2F)CC1. The van der Waals surface area contributed by atoms with Gasteiger partial charge in [-0.25, -0.2) is 13.2 Å². The summed E-state index contributed by atoms with van der Waals surface area (Å²) in [6.45, 7) is 2.19. The fourth-order valence-electron chi connectivity index (χ4n) is 4.74. The number of methoxy groups -OCH3 is 1. The van der Waals surface area contributed by atoms with Crippen molar-refractivity contribution < 1.29 is 17.9 Å². The van der Waals surface area contributed by atoms with Crippen LogP contribution >= 0.6 is 0 Å². The monoisotopic (exact) mass is 450 g/mol. The van der Waals surface area contributed by atoms with Crippen LogP contribution in [-0.4, -0.2) is 7.11 Å². The molecule has 0 unspecified atom stereocenters. The van der Waals surface area contributed by atoms with Gasteiger partial charge in [-0.3, -0.25) is 0 Å². The van der Waals surface area contributed by atoms with Crippen LogP contribution in [0.4, 0.5) is 13.2 Å². The third-order valence-corrected chi connectivity index (χ3v) is 6.84. The molecule has 3 aromatic carbocycles. The second-order valence-corrected chi connectivity index (χ2v) is 8.81. The summed E-state index contributed by atoms with van der Waals surface area (Å²) < 4.78 is 48.7. The summed E-state index contributed by atoms with van der Waals surface area (Å²) in [4.78, 5) is 0. The van der Waals surface area contributed by atoms with Gasteiger partial charge in [0.25, 0.3) is 0 Å². The third-order valence-electron chi connectivity index (χ3n) is 6.84. The van der Waals surface area contributed by atoms with Crippen molar-refractivity contribution in [3.05, 3.63) is 88.7 Å². The van der Waals surface area contributed by atoms with Crippen LogP contribution in [0, 0.1) is 23.4 Å². The number of halogens is 3. The fourth-order valence-corrected chi connectivity index (χ4v) is 4.74. The summed E-state index contributed by atoms with van der Waals surface area (Å²) in [5, 5.41) is 0. The average Bonchev–Trinajstić information content (AvgIpc) is 2.85. The van der Waals surface area contributed by atoms with Crippen LogP contribution in [0.25, 0.3) is 23.3 Å². The molecule has 0 atom stereocenters. The summed E-state index contributed by atoms with van der Waals surface area (Å²) in [7, 11) is 1.43. The zero-order valence-corrected chi connectivity index (χ0v) is 19.1. The lowest BCUT2D eigenvalue weighted by atomic mass is 9.77. The first-order valence-electron chi connectivity index (χ1n) is 11.6. The van der Waals surface area contributed by atoms with Crippen LogP contribution in [-0.2, 0) is 0 Å². The molecule has 0 bridgehead atoms. The first-order valence-corrected chi connectivity index (χ1v) is 11.6. The van der Waals surface area contributed by atoms with Gasteiger partial charge in [-0.1, -0.05) is 68.0 Å². The van der Waals surface area contributed by atoms with Crippen molar-refractivity contribution in [1.82, 2.24) is 0 Å². The summed E-state index contributed by atoms with van der Waals surface area (Å²) in [6, 6.07) is 15.4. The van der Waals surface area contributed by atoms with Crippen LogP contribution in [0.1, 0.15) is 61.6 Å². The minimum atomic E-state index is -0.776. The molecule has 1 aliphatic rings. The lowest BCUT2D eigenvalue weighted by Gasteiger charge is -2.28. The highest BCUT2D eigenvalue weighted by Gasteiger charge is 2.25. The van der Waals surface area contributed by atoms with E-state index in [0.717, 1.165) is 37.7 Å². The second-order valence-electron chi connectivity index (χ2n) is 8.81. The third kappa shape index (κ3) is 5.16. The van der Waals surface area contributed by atoms with Crippen molar-refractivity contribution in [3.8, 4) is 16.9 Å². The summed E-state index contributed by atoms with van der Waals surface area (Å²) in [5.41, 5.74) is 2.98. The molecule has 4 rings (SSSR count). The summed E-state index contributed by atoms with van der Waals surface area (Å²) >= 11 is 0. The van der Waals surface area contributed by atoms with E-state index in [1.54, 1.807) is 42.5 Å². The molecular formula is C29H29F3O. The normalized spacial score (nSPS) is 18.6. The van der Waals surface area contributed by atoms with Gasteiger partial charge in [-0.05, 0) is 71.9 Å². The number of hydrogen-bond acceptors (Lipinski definition) is 1. The van der Waals surface area contributed by atoms with Crippen molar-refractivity contribution in [2.24, 2.45) is 5.92 Å². The van der Waals surface area contributed by atoms with E-state index < -0.39 is 17.5 Å². The lowest BCUT2D eigenvalue weighted by molar-refractivity contribution is 0.312. The highest BCUT2D eigenvalue weighted by molar-refractivity contribution is 5.72. The Balaban J connectivity index is 1.49. The van der Waals surface area contributed by atoms with Gasteiger partial charge in [0.1, 0.15) is 0 Å². The minimum Gasteiger partial charge on any atom is -0.494 e. The molecule has 0 aromatic heterocycles. The number of ether oxygens (including phenoxy) is 1. The molecule has 1 aliphatic carbocycles. The Morgan fingerprint density at radius 3 is 2.12 bits per heavy atom. The zero-order chi connectivity index (χ0) is 23.4. The quantitative estimate of drug-likeness (QED) is 0.342. The molecule has 0 heterocycles. The Labute approximate surface area is 193 Å². The average molecular weight is 451 g/mol. The van der Waals surface area contributed by atoms with Crippen molar-refractivity contribution in [2.45, 2.75) is 44.9 Å². The zero-order valence-electron chi connectivity index (χ0n) is 19.1. The molecule has 4 heteroatoms. The maximum Gasteiger partial charge on any atom is 0.166 e. The van der Waals surface area contributed by atoms with Gasteiger partial charge in [0.2, 0.25) is 0 Å². The Morgan fingerprint density at radius 2 is 1.48 bits per heavy atom.